The van der Waals surface area contributed by atoms with Crippen LogP contribution in [0, 0.1) is 12.3 Å². The van der Waals surface area contributed by atoms with Gasteiger partial charge in [-0.3, -0.25) is 9.52 Å². The number of carbonyl (C=O) groups excluding carboxylic acids is 1. The van der Waals surface area contributed by atoms with Crippen LogP contribution in [0.15, 0.2) is 34.5 Å². The molecule has 0 spiro atoms. The third-order valence-electron chi connectivity index (χ3n) is 3.90. The Labute approximate surface area is 148 Å². The lowest BCUT2D eigenvalue weighted by atomic mass is 10.0. The summed E-state index contributed by atoms with van der Waals surface area (Å²) in [5, 5.41) is 10.9. The lowest BCUT2D eigenvalue weighted by Crippen LogP contribution is -2.28. The molecular weight excluding hydrogens is 340 g/mol. The van der Waals surface area contributed by atoms with Crippen molar-refractivity contribution in [2.75, 3.05) is 11.0 Å². The molecule has 1 aromatic rings. The molecule has 0 saturated heterocycles. The van der Waals surface area contributed by atoms with E-state index in [0.29, 0.717) is 31.4 Å². The van der Waals surface area contributed by atoms with Crippen LogP contribution < -0.4 is 10.0 Å². The number of rotatable bonds is 9. The summed E-state index contributed by atoms with van der Waals surface area (Å²) >= 11 is 0. The monoisotopic (exact) mass is 362 g/mol. The van der Waals surface area contributed by atoms with Crippen molar-refractivity contribution in [2.24, 2.45) is 10.2 Å². The van der Waals surface area contributed by atoms with Gasteiger partial charge in [-0.25, -0.2) is 8.42 Å². The van der Waals surface area contributed by atoms with Crippen LogP contribution in [0.4, 0.5) is 5.69 Å². The van der Waals surface area contributed by atoms with E-state index in [1.165, 1.54) is 0 Å². The highest BCUT2D eigenvalue weighted by Gasteiger charge is 2.39. The second kappa shape index (κ2) is 7.66. The van der Waals surface area contributed by atoms with Gasteiger partial charge in [0.15, 0.2) is 5.66 Å². The van der Waals surface area contributed by atoms with E-state index in [9.17, 15) is 13.2 Å². The average molecular weight is 362 g/mol. The summed E-state index contributed by atoms with van der Waals surface area (Å²) in [5.41, 5.74) is 0.916. The van der Waals surface area contributed by atoms with Crippen LogP contribution in [0.25, 0.3) is 0 Å². The fourth-order valence-corrected chi connectivity index (χ4v) is 3.00. The molecule has 1 aliphatic rings. The van der Waals surface area contributed by atoms with Crippen molar-refractivity contribution in [3.63, 3.8) is 0 Å². The number of benzene rings is 1. The summed E-state index contributed by atoms with van der Waals surface area (Å²) in [6, 6.07) is 6.69. The van der Waals surface area contributed by atoms with Crippen molar-refractivity contribution in [3.8, 4) is 12.3 Å². The molecule has 0 fully saturated rings. The summed E-state index contributed by atoms with van der Waals surface area (Å²) in [4.78, 5) is 12.1. The third-order valence-corrected chi connectivity index (χ3v) is 4.50. The van der Waals surface area contributed by atoms with Crippen molar-refractivity contribution in [1.29, 1.82) is 0 Å². The molecule has 0 aliphatic carbocycles. The number of anilines is 1. The van der Waals surface area contributed by atoms with Crippen molar-refractivity contribution < 1.29 is 13.2 Å². The quantitative estimate of drug-likeness (QED) is 0.660. The number of amides is 1. The van der Waals surface area contributed by atoms with Crippen LogP contribution in [0.5, 0.6) is 0 Å². The van der Waals surface area contributed by atoms with Gasteiger partial charge < -0.3 is 5.32 Å². The molecule has 1 atom stereocenters. The number of hydrogen-bond acceptors (Lipinski definition) is 5. The van der Waals surface area contributed by atoms with E-state index in [1.54, 1.807) is 24.3 Å². The Bertz CT molecular complexity index is 788. The van der Waals surface area contributed by atoms with Gasteiger partial charge in [0.1, 0.15) is 0 Å². The summed E-state index contributed by atoms with van der Waals surface area (Å²) in [6.45, 7) is 1.87. The van der Waals surface area contributed by atoms with E-state index in [-0.39, 0.29) is 11.9 Å². The van der Waals surface area contributed by atoms with Gasteiger partial charge in [-0.1, -0.05) is 12.1 Å². The van der Waals surface area contributed by atoms with Crippen molar-refractivity contribution in [1.82, 2.24) is 5.32 Å². The van der Waals surface area contributed by atoms with Gasteiger partial charge in [0.2, 0.25) is 15.9 Å². The SMILES string of the molecule is C#CCCC1(CCC(=O)NC(C)c2ccc(NS(C)(=O)=O)cc2)N=N1. The van der Waals surface area contributed by atoms with Crippen molar-refractivity contribution >= 4 is 21.6 Å². The van der Waals surface area contributed by atoms with Gasteiger partial charge in [-0.2, -0.15) is 10.2 Å². The number of terminal acetylenes is 1. The Morgan fingerprint density at radius 3 is 2.44 bits per heavy atom. The van der Waals surface area contributed by atoms with Crippen LogP contribution >= 0.6 is 0 Å². The molecule has 1 aliphatic heterocycles. The maximum Gasteiger partial charge on any atom is 0.229 e. The smallest absolute Gasteiger partial charge is 0.229 e. The first-order valence-electron chi connectivity index (χ1n) is 7.98. The number of hydrogen-bond donors (Lipinski definition) is 2. The molecule has 1 aromatic carbocycles. The zero-order valence-electron chi connectivity index (χ0n) is 14.3. The molecule has 0 bridgehead atoms. The minimum atomic E-state index is -3.30. The fourth-order valence-electron chi connectivity index (χ4n) is 2.43. The normalized spacial score (nSPS) is 15.9. The fraction of sp³-hybridized carbons (Fsp3) is 0.471. The topological polar surface area (TPSA) is 100.0 Å². The highest BCUT2D eigenvalue weighted by Crippen LogP contribution is 2.37. The Hall–Kier alpha value is -2.40. The molecule has 0 aromatic heterocycles. The molecule has 8 heteroatoms. The predicted octanol–water partition coefficient (Wildman–Crippen LogP) is 2.59. The van der Waals surface area contributed by atoms with Gasteiger partial charge >= 0.3 is 0 Å². The second-order valence-electron chi connectivity index (χ2n) is 6.17. The standard InChI is InChI=1S/C17H22N4O3S/c1-4-5-11-17(20-21-17)12-10-16(22)18-13(2)14-6-8-15(9-7-14)19-25(3,23)24/h1,6-9,13,19H,5,10-12H2,2-3H3,(H,18,22). The molecule has 1 heterocycles. The Morgan fingerprint density at radius 2 is 1.92 bits per heavy atom. The molecule has 7 nitrogen and oxygen atoms in total. The Balaban J connectivity index is 1.82. The van der Waals surface area contributed by atoms with Crippen molar-refractivity contribution in [2.45, 2.75) is 44.3 Å². The average Bonchev–Trinajstić information content (AvgIpc) is 3.30. The molecule has 0 saturated carbocycles. The first kappa shape index (κ1) is 18.9. The number of nitrogens with zero attached hydrogens (tertiary/aromatic N) is 2. The minimum Gasteiger partial charge on any atom is -0.350 e. The highest BCUT2D eigenvalue weighted by molar-refractivity contribution is 7.92. The van der Waals surface area contributed by atoms with Crippen LogP contribution in [0.1, 0.15) is 44.2 Å². The van der Waals surface area contributed by atoms with E-state index in [0.717, 1.165) is 11.8 Å². The molecule has 0 radical (unpaired) electrons. The van der Waals surface area contributed by atoms with Crippen LogP contribution in [0.2, 0.25) is 0 Å². The highest BCUT2D eigenvalue weighted by atomic mass is 32.2. The van der Waals surface area contributed by atoms with Gasteiger partial charge in [0.25, 0.3) is 0 Å². The number of nitrogens with one attached hydrogen (secondary N) is 2. The van der Waals surface area contributed by atoms with Crippen LogP contribution in [0.3, 0.4) is 0 Å². The summed E-state index contributed by atoms with van der Waals surface area (Å²) < 4.78 is 24.8. The lowest BCUT2D eigenvalue weighted by Gasteiger charge is -2.16. The first-order chi connectivity index (χ1) is 11.7. The minimum absolute atomic E-state index is 0.0804. The molecule has 2 N–H and O–H groups in total. The van der Waals surface area contributed by atoms with Crippen LogP contribution in [-0.4, -0.2) is 26.2 Å². The van der Waals surface area contributed by atoms with Crippen LogP contribution in [-0.2, 0) is 14.8 Å². The maximum absolute atomic E-state index is 12.1. The molecule has 1 amide bonds. The van der Waals surface area contributed by atoms with Gasteiger partial charge in [0, 0.05) is 31.4 Å². The Kier molecular flexibility index (Phi) is 5.80. The van der Waals surface area contributed by atoms with E-state index in [2.05, 4.69) is 26.2 Å². The third kappa shape index (κ3) is 6.19. The summed E-state index contributed by atoms with van der Waals surface area (Å²) in [5.74, 6) is 2.48. The lowest BCUT2D eigenvalue weighted by molar-refractivity contribution is -0.122. The predicted molar refractivity (Wildman–Crippen MR) is 96.4 cm³/mol. The number of carbonyl (C=O) groups is 1. The summed E-state index contributed by atoms with van der Waals surface area (Å²) in [7, 11) is -3.30. The molecule has 25 heavy (non-hydrogen) atoms. The van der Waals surface area contributed by atoms with Gasteiger partial charge in [-0.05, 0) is 24.6 Å². The maximum atomic E-state index is 12.1. The van der Waals surface area contributed by atoms with Gasteiger partial charge in [0.05, 0.1) is 12.3 Å². The van der Waals surface area contributed by atoms with E-state index >= 15 is 0 Å². The molecule has 1 unspecified atom stereocenters. The molecular formula is C17H22N4O3S. The van der Waals surface area contributed by atoms with Gasteiger partial charge in [-0.15, -0.1) is 12.3 Å². The van der Waals surface area contributed by atoms with E-state index < -0.39 is 15.7 Å². The van der Waals surface area contributed by atoms with Crippen molar-refractivity contribution in [3.05, 3.63) is 29.8 Å². The van der Waals surface area contributed by atoms with E-state index in [4.69, 9.17) is 6.42 Å². The number of sulfonamides is 1. The molecule has 134 valence electrons. The van der Waals surface area contributed by atoms with E-state index in [1.807, 2.05) is 6.92 Å². The second-order valence-corrected chi connectivity index (χ2v) is 7.92. The zero-order valence-corrected chi connectivity index (χ0v) is 15.1. The summed E-state index contributed by atoms with van der Waals surface area (Å²) in [6.07, 6.45) is 8.51. The molecule has 2 rings (SSSR count). The largest absolute Gasteiger partial charge is 0.350 e. The zero-order chi connectivity index (χ0) is 18.5. The Morgan fingerprint density at radius 1 is 1.28 bits per heavy atom. The first-order valence-corrected chi connectivity index (χ1v) is 9.87.